The molecule has 8 nitrogen and oxygen atoms in total. The number of hydrogen-bond acceptors (Lipinski definition) is 8. The van der Waals surface area contributed by atoms with Gasteiger partial charge in [0.05, 0.1) is 23.9 Å². The van der Waals surface area contributed by atoms with Crippen LogP contribution in [0.25, 0.3) is 0 Å². The van der Waals surface area contributed by atoms with E-state index in [2.05, 4.69) is 0 Å². The molecule has 0 aliphatic carbocycles. The average molecular weight is 525 g/mol. The summed E-state index contributed by atoms with van der Waals surface area (Å²) in [7, 11) is 0. The van der Waals surface area contributed by atoms with Gasteiger partial charge in [-0.1, -0.05) is 72.9 Å². The van der Waals surface area contributed by atoms with Crippen LogP contribution in [0.15, 0.2) is 97.2 Å². The number of rotatable bonds is 8. The average Bonchev–Trinajstić information content (AvgIpc) is 2.69. The van der Waals surface area contributed by atoms with Crippen LogP contribution in [-0.2, 0) is 19.2 Å². The molecule has 0 spiro atoms. The number of carboxylic acids is 4. The Morgan fingerprint density at radius 3 is 0.618 bits per heavy atom. The van der Waals surface area contributed by atoms with Crippen molar-refractivity contribution in [3.63, 3.8) is 0 Å². The Labute approximate surface area is 261 Å². The van der Waals surface area contributed by atoms with Crippen molar-refractivity contribution in [2.45, 2.75) is 27.7 Å². The largest absolute Gasteiger partial charge is 2.00 e. The van der Waals surface area contributed by atoms with Crippen molar-refractivity contribution in [3.05, 3.63) is 97.2 Å². The molecule has 0 amide bonds. The molecule has 0 aromatic heterocycles. The maximum absolute atomic E-state index is 9.64. The molecule has 0 aromatic carbocycles. The first kappa shape index (κ1) is 45.8. The third-order valence-electron chi connectivity index (χ3n) is 2.14. The Bertz CT molecular complexity index is 629. The quantitative estimate of drug-likeness (QED) is 0.215. The van der Waals surface area contributed by atoms with Gasteiger partial charge in [0.1, 0.15) is 0 Å². The second kappa shape index (κ2) is 41.6. The fourth-order valence-corrected chi connectivity index (χ4v) is 0.981. The normalized spacial score (nSPS) is 10.5. The fourth-order valence-electron chi connectivity index (χ4n) is 0.981. The zero-order valence-electron chi connectivity index (χ0n) is 19.9. The van der Waals surface area contributed by atoms with Crippen molar-refractivity contribution >= 4 is 99.4 Å². The van der Waals surface area contributed by atoms with Gasteiger partial charge in [0.15, 0.2) is 0 Å². The topological polar surface area (TPSA) is 161 Å². The van der Waals surface area contributed by atoms with E-state index in [-0.39, 0.29) is 75.5 Å². The van der Waals surface area contributed by atoms with E-state index in [0.29, 0.717) is 0 Å². The fraction of sp³-hybridized carbons (Fsp3) is 0.167. The van der Waals surface area contributed by atoms with Crippen molar-refractivity contribution in [3.8, 4) is 0 Å². The zero-order chi connectivity index (χ0) is 25.6. The van der Waals surface area contributed by atoms with Gasteiger partial charge < -0.3 is 39.6 Å². The number of carbonyl (C=O) groups excluding carboxylic acids is 4. The maximum atomic E-state index is 9.64. The molecule has 0 unspecified atom stereocenters. The Balaban J connectivity index is -0.0000000754. The van der Waals surface area contributed by atoms with Crippen LogP contribution in [0.5, 0.6) is 0 Å². The molecule has 0 heterocycles. The first-order valence-corrected chi connectivity index (χ1v) is 9.10. The number of carboxylic acid groups (broad SMARTS) is 4. The van der Waals surface area contributed by atoms with E-state index in [1.54, 1.807) is 76.3 Å². The summed E-state index contributed by atoms with van der Waals surface area (Å²) >= 11 is 0. The minimum absolute atomic E-state index is 0. The molecule has 0 N–H and O–H groups in total. The van der Waals surface area contributed by atoms with E-state index in [4.69, 9.17) is 0 Å². The van der Waals surface area contributed by atoms with Gasteiger partial charge in [0, 0.05) is 0 Å². The predicted molar refractivity (Wildman–Crippen MR) is 127 cm³/mol. The zero-order valence-corrected chi connectivity index (χ0v) is 24.3. The minimum atomic E-state index is -1.16. The van der Waals surface area contributed by atoms with E-state index >= 15 is 0 Å². The molecule has 0 bridgehead atoms. The van der Waals surface area contributed by atoms with Gasteiger partial charge in [-0.3, -0.25) is 0 Å². The Morgan fingerprint density at radius 1 is 0.382 bits per heavy atom. The van der Waals surface area contributed by atoms with Gasteiger partial charge in [-0.15, -0.1) is 0 Å². The van der Waals surface area contributed by atoms with Gasteiger partial charge >= 0.3 is 75.5 Å². The predicted octanol–water partition coefficient (Wildman–Crippen LogP) is -1.29. The van der Waals surface area contributed by atoms with E-state index in [0.717, 1.165) is 24.3 Å². The number of allylic oxidation sites excluding steroid dienone is 12. The molecule has 0 rings (SSSR count). The first-order chi connectivity index (χ1) is 15.1. The molecule has 0 aromatic rings. The molecule has 34 heavy (non-hydrogen) atoms. The van der Waals surface area contributed by atoms with Crippen LogP contribution in [-0.4, -0.2) is 99.4 Å². The molecular weight excluding hydrogens is 496 g/mol. The van der Waals surface area contributed by atoms with Crippen LogP contribution in [0.4, 0.5) is 0 Å². The van der Waals surface area contributed by atoms with E-state index in [9.17, 15) is 39.6 Å². The van der Waals surface area contributed by atoms with Crippen LogP contribution in [0.3, 0.4) is 0 Å². The van der Waals surface area contributed by atoms with Crippen LogP contribution in [0, 0.1) is 0 Å². The van der Waals surface area contributed by atoms with Crippen molar-refractivity contribution < 1.29 is 39.6 Å². The van der Waals surface area contributed by atoms with Gasteiger partial charge in [-0.05, 0) is 52.0 Å². The van der Waals surface area contributed by atoms with Crippen LogP contribution in [0.1, 0.15) is 27.7 Å². The number of carbonyl (C=O) groups is 4. The summed E-state index contributed by atoms with van der Waals surface area (Å²) < 4.78 is 0. The maximum Gasteiger partial charge on any atom is 2.00 e. The summed E-state index contributed by atoms with van der Waals surface area (Å²) in [5.41, 5.74) is 0. The summed E-state index contributed by atoms with van der Waals surface area (Å²) in [6, 6.07) is 0. The summed E-state index contributed by atoms with van der Waals surface area (Å²) in [5, 5.41) is 38.6. The molecule has 0 aliphatic rings. The molecule has 0 fully saturated rings. The minimum Gasteiger partial charge on any atom is -0.545 e. The third-order valence-corrected chi connectivity index (χ3v) is 2.14. The molecule has 10 heteroatoms. The summed E-state index contributed by atoms with van der Waals surface area (Å²) in [5.74, 6) is -4.66. The summed E-state index contributed by atoms with van der Waals surface area (Å²) in [4.78, 5) is 38.6. The first-order valence-electron chi connectivity index (χ1n) is 9.10. The summed E-state index contributed by atoms with van der Waals surface area (Å²) in [6.07, 6.45) is 23.0. The second-order valence-corrected chi connectivity index (χ2v) is 4.82. The molecule has 0 aliphatic heterocycles. The van der Waals surface area contributed by atoms with Gasteiger partial charge in [-0.2, -0.15) is 0 Å². The smallest absolute Gasteiger partial charge is 0.545 e. The molecule has 0 saturated carbocycles. The van der Waals surface area contributed by atoms with Crippen molar-refractivity contribution in [2.24, 2.45) is 0 Å². The Morgan fingerprint density at radius 2 is 0.529 bits per heavy atom. The standard InChI is InChI=1S/4C6H8O2.2Ca/c4*1-2-3-4-5-6(7)8;;/h4*2-5H,1H3,(H,7,8);;/q;;;;2*+2/p-4/b4*3-2+,5-4+;;. The van der Waals surface area contributed by atoms with Gasteiger partial charge in [0.2, 0.25) is 0 Å². The SMILES string of the molecule is C/C=C/C=C/C(=O)[O-].C/C=C/C=C/C(=O)[O-].C/C=C/C=C/C(=O)[O-].C/C=C/C=C/C(=O)[O-].[Ca+2].[Ca+2]. The van der Waals surface area contributed by atoms with E-state index in [1.807, 2.05) is 0 Å². The van der Waals surface area contributed by atoms with Crippen molar-refractivity contribution in [2.75, 3.05) is 0 Å². The molecule has 0 saturated heterocycles. The van der Waals surface area contributed by atoms with E-state index in [1.165, 1.54) is 24.3 Å². The summed E-state index contributed by atoms with van der Waals surface area (Å²) in [6.45, 7) is 7.22. The number of hydrogen-bond donors (Lipinski definition) is 0. The molecule has 0 radical (unpaired) electrons. The van der Waals surface area contributed by atoms with Crippen LogP contribution < -0.4 is 20.4 Å². The Kier molecular flexibility index (Phi) is 55.9. The molecule has 0 atom stereocenters. The van der Waals surface area contributed by atoms with Crippen LogP contribution in [0.2, 0.25) is 0 Å². The number of aliphatic carboxylic acids is 4. The third kappa shape index (κ3) is 77.7. The van der Waals surface area contributed by atoms with E-state index < -0.39 is 23.9 Å². The molecule has 176 valence electrons. The molecular formula is C24H28Ca2O8. The van der Waals surface area contributed by atoms with Crippen LogP contribution >= 0.6 is 0 Å². The van der Waals surface area contributed by atoms with Crippen molar-refractivity contribution in [1.29, 1.82) is 0 Å². The van der Waals surface area contributed by atoms with Gasteiger partial charge in [0.25, 0.3) is 0 Å². The Hall–Kier alpha value is -1.68. The second-order valence-electron chi connectivity index (χ2n) is 4.82. The van der Waals surface area contributed by atoms with Gasteiger partial charge in [-0.25, -0.2) is 0 Å². The monoisotopic (exact) mass is 524 g/mol. The van der Waals surface area contributed by atoms with Crippen molar-refractivity contribution in [1.82, 2.24) is 0 Å².